The Balaban J connectivity index is 1.45. The molecule has 2 N–H and O–H groups in total. The van der Waals surface area contributed by atoms with Gasteiger partial charge in [0, 0.05) is 57.9 Å². The average molecular weight is 575 g/mol. The highest BCUT2D eigenvalue weighted by atomic mass is 32.2. The van der Waals surface area contributed by atoms with Gasteiger partial charge in [0.15, 0.2) is 0 Å². The second-order valence-corrected chi connectivity index (χ2v) is 11.6. The maximum Gasteiger partial charge on any atom is 0.142 e. The lowest BCUT2D eigenvalue weighted by molar-refractivity contribution is -0.0752. The van der Waals surface area contributed by atoms with E-state index in [1.54, 1.807) is 21.1 Å². The SMILES string of the molecule is COCCCN1CCOc2ccc(CO[C@H]3CNC[C@@H](OC[C@@H](C)O)[C@@H]3c3ccc(CSCCOC)cc3)cc21. The van der Waals surface area contributed by atoms with Gasteiger partial charge in [0.1, 0.15) is 12.4 Å². The molecule has 2 aromatic rings. The van der Waals surface area contributed by atoms with E-state index in [0.29, 0.717) is 19.8 Å². The molecule has 0 aromatic heterocycles. The third-order valence-corrected chi connectivity index (χ3v) is 8.32. The molecule has 9 heteroatoms. The van der Waals surface area contributed by atoms with E-state index in [-0.39, 0.29) is 18.1 Å². The van der Waals surface area contributed by atoms with E-state index in [0.717, 1.165) is 74.3 Å². The molecule has 0 radical (unpaired) electrons. The smallest absolute Gasteiger partial charge is 0.142 e. The molecular weight excluding hydrogens is 528 g/mol. The molecule has 0 spiro atoms. The number of methoxy groups -OCH3 is 2. The molecule has 222 valence electrons. The van der Waals surface area contributed by atoms with Crippen LogP contribution in [0.3, 0.4) is 0 Å². The van der Waals surface area contributed by atoms with Crippen molar-refractivity contribution in [3.8, 4) is 5.75 Å². The Morgan fingerprint density at radius 1 is 1.02 bits per heavy atom. The van der Waals surface area contributed by atoms with Crippen molar-refractivity contribution in [2.75, 3.05) is 77.5 Å². The molecule has 2 aliphatic heterocycles. The van der Waals surface area contributed by atoms with E-state index < -0.39 is 6.10 Å². The number of fused-ring (bicyclic) bond motifs is 1. The van der Waals surface area contributed by atoms with Crippen LogP contribution < -0.4 is 15.0 Å². The minimum Gasteiger partial charge on any atom is -0.490 e. The maximum absolute atomic E-state index is 9.89. The van der Waals surface area contributed by atoms with Crippen molar-refractivity contribution in [2.45, 2.75) is 49.9 Å². The van der Waals surface area contributed by atoms with Gasteiger partial charge in [-0.15, -0.1) is 0 Å². The Bertz CT molecular complexity index is 1010. The summed E-state index contributed by atoms with van der Waals surface area (Å²) in [5, 5.41) is 13.4. The lowest BCUT2D eigenvalue weighted by Crippen LogP contribution is -2.51. The summed E-state index contributed by atoms with van der Waals surface area (Å²) in [5.41, 5.74) is 4.74. The number of aliphatic hydroxyl groups is 1. The third kappa shape index (κ3) is 9.08. The van der Waals surface area contributed by atoms with Gasteiger partial charge in [0.25, 0.3) is 0 Å². The highest BCUT2D eigenvalue weighted by Crippen LogP contribution is 2.35. The molecule has 1 saturated heterocycles. The molecule has 0 saturated carbocycles. The van der Waals surface area contributed by atoms with Crippen LogP contribution in [0.4, 0.5) is 5.69 Å². The number of anilines is 1. The van der Waals surface area contributed by atoms with Crippen molar-refractivity contribution in [3.05, 3.63) is 59.2 Å². The minimum absolute atomic E-state index is 0.0571. The Hall–Kier alpha value is -1.85. The van der Waals surface area contributed by atoms with Gasteiger partial charge in [-0.1, -0.05) is 30.3 Å². The standard InChI is InChI=1S/C31H46N2O6S/c1-23(34)20-38-29-18-32-19-30(31(29)26-8-5-24(6-9-26)22-40-16-15-36-3)39-21-25-7-10-28-27(17-25)33(12-14-37-28)11-4-13-35-2/h5-10,17,23,29-32,34H,4,11-16,18-22H2,1-3H3/t23-,29-,30+,31+/m1/s1. The monoisotopic (exact) mass is 574 g/mol. The molecule has 1 fully saturated rings. The summed E-state index contributed by atoms with van der Waals surface area (Å²) >= 11 is 1.87. The largest absolute Gasteiger partial charge is 0.490 e. The Labute approximate surface area is 243 Å². The number of hydrogen-bond donors (Lipinski definition) is 2. The zero-order valence-corrected chi connectivity index (χ0v) is 25.0. The minimum atomic E-state index is -0.516. The Morgan fingerprint density at radius 2 is 1.77 bits per heavy atom. The summed E-state index contributed by atoms with van der Waals surface area (Å²) in [5.74, 6) is 2.93. The van der Waals surface area contributed by atoms with Crippen molar-refractivity contribution < 1.29 is 28.8 Å². The lowest BCUT2D eigenvalue weighted by atomic mass is 9.85. The average Bonchev–Trinajstić information content (AvgIpc) is 2.98. The van der Waals surface area contributed by atoms with Crippen LogP contribution in [0, 0.1) is 0 Å². The van der Waals surface area contributed by atoms with E-state index in [1.807, 2.05) is 11.8 Å². The summed E-state index contributed by atoms with van der Waals surface area (Å²) in [6.45, 7) is 8.04. The molecule has 8 nitrogen and oxygen atoms in total. The number of benzene rings is 2. The van der Waals surface area contributed by atoms with Crippen LogP contribution in [0.5, 0.6) is 5.75 Å². The molecule has 2 aromatic carbocycles. The lowest BCUT2D eigenvalue weighted by Gasteiger charge is -2.39. The molecule has 0 unspecified atom stereocenters. The second kappa shape index (κ2) is 16.6. The molecule has 4 atom stereocenters. The molecule has 2 aliphatic rings. The number of hydrogen-bond acceptors (Lipinski definition) is 9. The molecule has 2 heterocycles. The van der Waals surface area contributed by atoms with Crippen LogP contribution >= 0.6 is 11.8 Å². The summed E-state index contributed by atoms with van der Waals surface area (Å²) in [6.07, 6.45) is 0.297. The summed E-state index contributed by atoms with van der Waals surface area (Å²) < 4.78 is 29.2. The Kier molecular flexibility index (Phi) is 12.9. The van der Waals surface area contributed by atoms with Crippen molar-refractivity contribution >= 4 is 17.4 Å². The first kappa shape index (κ1) is 31.1. The van der Waals surface area contributed by atoms with Gasteiger partial charge < -0.3 is 39.0 Å². The number of thioether (sulfide) groups is 1. The third-order valence-electron chi connectivity index (χ3n) is 7.33. The van der Waals surface area contributed by atoms with Crippen molar-refractivity contribution in [1.82, 2.24) is 5.32 Å². The highest BCUT2D eigenvalue weighted by molar-refractivity contribution is 7.98. The van der Waals surface area contributed by atoms with Crippen molar-refractivity contribution in [2.24, 2.45) is 0 Å². The van der Waals surface area contributed by atoms with Gasteiger partial charge in [-0.05, 0) is 42.2 Å². The number of piperidine rings is 1. The molecule has 0 bridgehead atoms. The van der Waals surface area contributed by atoms with Gasteiger partial charge >= 0.3 is 0 Å². The van der Waals surface area contributed by atoms with Crippen LogP contribution in [0.2, 0.25) is 0 Å². The van der Waals surface area contributed by atoms with Gasteiger partial charge in [0.05, 0.1) is 50.4 Å². The van der Waals surface area contributed by atoms with E-state index in [2.05, 4.69) is 52.7 Å². The predicted octanol–water partition coefficient (Wildman–Crippen LogP) is 3.84. The van der Waals surface area contributed by atoms with Crippen LogP contribution in [0.1, 0.15) is 36.0 Å². The van der Waals surface area contributed by atoms with Crippen molar-refractivity contribution in [1.29, 1.82) is 0 Å². The first-order valence-corrected chi connectivity index (χ1v) is 15.5. The van der Waals surface area contributed by atoms with Crippen LogP contribution in [-0.4, -0.2) is 96.0 Å². The molecule has 40 heavy (non-hydrogen) atoms. The van der Waals surface area contributed by atoms with E-state index in [9.17, 15) is 5.11 Å². The fourth-order valence-corrected chi connectivity index (χ4v) is 6.15. The molecule has 0 aliphatic carbocycles. The maximum atomic E-state index is 9.89. The fraction of sp³-hybridized carbons (Fsp3) is 0.613. The normalized spacial score (nSPS) is 21.6. The van der Waals surface area contributed by atoms with Crippen LogP contribution in [-0.2, 0) is 31.3 Å². The number of ether oxygens (including phenoxy) is 5. The zero-order chi connectivity index (χ0) is 28.2. The van der Waals surface area contributed by atoms with E-state index in [1.165, 1.54) is 11.1 Å². The van der Waals surface area contributed by atoms with Gasteiger partial charge in [-0.2, -0.15) is 11.8 Å². The zero-order valence-electron chi connectivity index (χ0n) is 24.2. The van der Waals surface area contributed by atoms with Gasteiger partial charge in [-0.25, -0.2) is 0 Å². The number of aliphatic hydroxyl groups excluding tert-OH is 1. The van der Waals surface area contributed by atoms with Gasteiger partial charge in [0.2, 0.25) is 0 Å². The number of nitrogens with one attached hydrogen (secondary N) is 1. The fourth-order valence-electron chi connectivity index (χ4n) is 5.29. The van der Waals surface area contributed by atoms with Crippen molar-refractivity contribution in [3.63, 3.8) is 0 Å². The second-order valence-electron chi connectivity index (χ2n) is 10.5. The predicted molar refractivity (Wildman–Crippen MR) is 161 cm³/mol. The first-order chi connectivity index (χ1) is 19.6. The topological polar surface area (TPSA) is 81.7 Å². The summed E-state index contributed by atoms with van der Waals surface area (Å²) in [6, 6.07) is 15.2. The van der Waals surface area contributed by atoms with E-state index >= 15 is 0 Å². The quantitative estimate of drug-likeness (QED) is 0.291. The molecule has 4 rings (SSSR count). The number of rotatable bonds is 16. The summed E-state index contributed by atoms with van der Waals surface area (Å²) in [7, 11) is 3.48. The molecular formula is C31H46N2O6S. The Morgan fingerprint density at radius 3 is 2.52 bits per heavy atom. The number of nitrogens with zero attached hydrogens (tertiary/aromatic N) is 1. The van der Waals surface area contributed by atoms with Crippen LogP contribution in [0.25, 0.3) is 0 Å². The van der Waals surface area contributed by atoms with E-state index in [4.69, 9.17) is 23.7 Å². The first-order valence-electron chi connectivity index (χ1n) is 14.4. The van der Waals surface area contributed by atoms with Crippen LogP contribution in [0.15, 0.2) is 42.5 Å². The molecule has 0 amide bonds. The summed E-state index contributed by atoms with van der Waals surface area (Å²) in [4.78, 5) is 2.38. The van der Waals surface area contributed by atoms with Gasteiger partial charge in [-0.3, -0.25) is 0 Å². The highest BCUT2D eigenvalue weighted by Gasteiger charge is 2.36.